The van der Waals surface area contributed by atoms with Crippen LogP contribution in [0.25, 0.3) is 6.08 Å². The maximum absolute atomic E-state index is 11.8. The van der Waals surface area contributed by atoms with Crippen LogP contribution in [0.4, 0.5) is 5.69 Å². The number of non-ortho nitro benzene ring substituents is 1. The fourth-order valence-corrected chi connectivity index (χ4v) is 2.13. The largest absolute Gasteiger partial charge is 0.352 e. The molecule has 0 aliphatic heterocycles. The lowest BCUT2D eigenvalue weighted by Gasteiger charge is -2.14. The van der Waals surface area contributed by atoms with Crippen molar-refractivity contribution in [1.82, 2.24) is 5.32 Å². The summed E-state index contributed by atoms with van der Waals surface area (Å²) in [5.74, 6) is 0.393. The second-order valence-corrected chi connectivity index (χ2v) is 5.34. The number of amides is 1. The Morgan fingerprint density at radius 1 is 1.32 bits per heavy atom. The number of nitrogens with one attached hydrogen (secondary N) is 1. The Kier molecular flexibility index (Phi) is 7.89. The highest BCUT2D eigenvalue weighted by molar-refractivity contribution is 5.91. The summed E-state index contributed by atoms with van der Waals surface area (Å²) in [7, 11) is 0. The van der Waals surface area contributed by atoms with E-state index < -0.39 is 4.92 Å². The van der Waals surface area contributed by atoms with Gasteiger partial charge in [0.1, 0.15) is 0 Å². The number of hydrogen-bond acceptors (Lipinski definition) is 3. The number of nitrogens with zero attached hydrogens (tertiary/aromatic N) is 1. The van der Waals surface area contributed by atoms with Gasteiger partial charge >= 0.3 is 0 Å². The standard InChI is InChI=1S/C17H24N2O3/c1-3-5-6-14(4-2)13-18-17(20)12-9-15-7-10-16(11-8-15)19(21)22/h7-12,14H,3-6,13H2,1-2H3,(H,18,20)/b12-9+. The lowest BCUT2D eigenvalue weighted by Crippen LogP contribution is -2.27. The highest BCUT2D eigenvalue weighted by atomic mass is 16.6. The molecule has 1 N–H and O–H groups in total. The molecule has 1 aromatic rings. The summed E-state index contributed by atoms with van der Waals surface area (Å²) in [6.45, 7) is 5.00. The predicted molar refractivity (Wildman–Crippen MR) is 88.4 cm³/mol. The van der Waals surface area contributed by atoms with Crippen LogP contribution >= 0.6 is 0 Å². The molecule has 5 heteroatoms. The number of carbonyl (C=O) groups excluding carboxylic acids is 1. The molecule has 1 atom stereocenters. The fourth-order valence-electron chi connectivity index (χ4n) is 2.13. The molecular weight excluding hydrogens is 280 g/mol. The highest BCUT2D eigenvalue weighted by Crippen LogP contribution is 2.13. The number of hydrogen-bond donors (Lipinski definition) is 1. The average Bonchev–Trinajstić information content (AvgIpc) is 2.53. The van der Waals surface area contributed by atoms with Crippen molar-refractivity contribution in [1.29, 1.82) is 0 Å². The van der Waals surface area contributed by atoms with Gasteiger partial charge in [-0.25, -0.2) is 0 Å². The fraction of sp³-hybridized carbons (Fsp3) is 0.471. The van der Waals surface area contributed by atoms with Crippen molar-refractivity contribution in [2.45, 2.75) is 39.5 Å². The summed E-state index contributed by atoms with van der Waals surface area (Å²) in [5.41, 5.74) is 0.807. The predicted octanol–water partition coefficient (Wildman–Crippen LogP) is 3.94. The summed E-state index contributed by atoms with van der Waals surface area (Å²) in [6, 6.07) is 6.10. The summed E-state index contributed by atoms with van der Waals surface area (Å²) in [5, 5.41) is 13.5. The van der Waals surface area contributed by atoms with Gasteiger partial charge in [-0.15, -0.1) is 0 Å². The third kappa shape index (κ3) is 6.52. The van der Waals surface area contributed by atoms with Gasteiger partial charge in [-0.3, -0.25) is 14.9 Å². The minimum atomic E-state index is -0.443. The van der Waals surface area contributed by atoms with E-state index in [9.17, 15) is 14.9 Å². The summed E-state index contributed by atoms with van der Waals surface area (Å²) in [4.78, 5) is 21.9. The zero-order chi connectivity index (χ0) is 16.4. The van der Waals surface area contributed by atoms with Crippen LogP contribution in [-0.2, 0) is 4.79 Å². The molecule has 0 heterocycles. The first-order valence-corrected chi connectivity index (χ1v) is 7.77. The van der Waals surface area contributed by atoms with Gasteiger partial charge in [0.05, 0.1) is 4.92 Å². The maximum Gasteiger partial charge on any atom is 0.269 e. The van der Waals surface area contributed by atoms with Crippen molar-refractivity contribution in [2.75, 3.05) is 6.54 Å². The van der Waals surface area contributed by atoms with Crippen molar-refractivity contribution in [3.63, 3.8) is 0 Å². The molecule has 0 aromatic heterocycles. The molecule has 0 saturated carbocycles. The molecule has 0 spiro atoms. The number of nitro benzene ring substituents is 1. The maximum atomic E-state index is 11.8. The second-order valence-electron chi connectivity index (χ2n) is 5.34. The molecule has 1 aromatic carbocycles. The van der Waals surface area contributed by atoms with Crippen LogP contribution in [-0.4, -0.2) is 17.4 Å². The third-order valence-electron chi connectivity index (χ3n) is 3.64. The molecule has 0 fully saturated rings. The molecule has 1 rings (SSSR count). The molecule has 22 heavy (non-hydrogen) atoms. The Morgan fingerprint density at radius 3 is 2.55 bits per heavy atom. The minimum Gasteiger partial charge on any atom is -0.352 e. The number of nitro groups is 1. The Hall–Kier alpha value is -2.17. The third-order valence-corrected chi connectivity index (χ3v) is 3.64. The van der Waals surface area contributed by atoms with Crippen LogP contribution in [0.5, 0.6) is 0 Å². The van der Waals surface area contributed by atoms with E-state index in [-0.39, 0.29) is 11.6 Å². The molecule has 1 unspecified atom stereocenters. The molecule has 0 aliphatic rings. The molecular formula is C17H24N2O3. The normalized spacial score (nSPS) is 12.3. The van der Waals surface area contributed by atoms with Gasteiger partial charge in [0, 0.05) is 24.8 Å². The molecule has 120 valence electrons. The van der Waals surface area contributed by atoms with Gasteiger partial charge in [0.15, 0.2) is 0 Å². The summed E-state index contributed by atoms with van der Waals surface area (Å²) < 4.78 is 0. The quantitative estimate of drug-likeness (QED) is 0.426. The first-order valence-electron chi connectivity index (χ1n) is 7.77. The van der Waals surface area contributed by atoms with Gasteiger partial charge in [0.25, 0.3) is 5.69 Å². The van der Waals surface area contributed by atoms with E-state index >= 15 is 0 Å². The number of unbranched alkanes of at least 4 members (excludes halogenated alkanes) is 1. The summed E-state index contributed by atoms with van der Waals surface area (Å²) in [6.07, 6.45) is 7.68. The smallest absolute Gasteiger partial charge is 0.269 e. The van der Waals surface area contributed by atoms with E-state index in [0.29, 0.717) is 12.5 Å². The van der Waals surface area contributed by atoms with Gasteiger partial charge in [0.2, 0.25) is 5.91 Å². The van der Waals surface area contributed by atoms with Crippen molar-refractivity contribution >= 4 is 17.7 Å². The van der Waals surface area contributed by atoms with Gasteiger partial charge < -0.3 is 5.32 Å². The van der Waals surface area contributed by atoms with Crippen LogP contribution in [0.1, 0.15) is 45.1 Å². The monoisotopic (exact) mass is 304 g/mol. The number of carbonyl (C=O) groups is 1. The first-order chi connectivity index (χ1) is 10.6. The van der Waals surface area contributed by atoms with Crippen LogP contribution in [0.15, 0.2) is 30.3 Å². The van der Waals surface area contributed by atoms with Crippen molar-refractivity contribution in [3.8, 4) is 0 Å². The van der Waals surface area contributed by atoms with Gasteiger partial charge in [-0.2, -0.15) is 0 Å². The Labute approximate surface area is 131 Å². The summed E-state index contributed by atoms with van der Waals surface area (Å²) >= 11 is 0. The molecule has 0 radical (unpaired) electrons. The topological polar surface area (TPSA) is 72.2 Å². The number of rotatable bonds is 9. The van der Waals surface area contributed by atoms with E-state index in [1.54, 1.807) is 18.2 Å². The zero-order valence-electron chi connectivity index (χ0n) is 13.2. The van der Waals surface area contributed by atoms with Crippen LogP contribution in [0.3, 0.4) is 0 Å². The lowest BCUT2D eigenvalue weighted by atomic mass is 9.99. The van der Waals surface area contributed by atoms with E-state index in [4.69, 9.17) is 0 Å². The Bertz CT molecular complexity index is 509. The zero-order valence-corrected chi connectivity index (χ0v) is 13.2. The van der Waals surface area contributed by atoms with Crippen LogP contribution in [0.2, 0.25) is 0 Å². The molecule has 0 aliphatic carbocycles. The van der Waals surface area contributed by atoms with E-state index in [0.717, 1.165) is 18.4 Å². The molecule has 0 bridgehead atoms. The van der Waals surface area contributed by atoms with Crippen molar-refractivity contribution in [3.05, 3.63) is 46.0 Å². The molecule has 5 nitrogen and oxygen atoms in total. The Morgan fingerprint density at radius 2 is 2.00 bits per heavy atom. The Balaban J connectivity index is 2.44. The van der Waals surface area contributed by atoms with E-state index in [1.807, 2.05) is 0 Å². The number of benzene rings is 1. The molecule has 1 amide bonds. The second kappa shape index (κ2) is 9.71. The van der Waals surface area contributed by atoms with Crippen LogP contribution < -0.4 is 5.32 Å². The first kappa shape index (κ1) is 17.9. The van der Waals surface area contributed by atoms with Crippen molar-refractivity contribution < 1.29 is 9.72 Å². The van der Waals surface area contributed by atoms with Crippen LogP contribution in [0, 0.1) is 16.0 Å². The average molecular weight is 304 g/mol. The van der Waals surface area contributed by atoms with E-state index in [2.05, 4.69) is 19.2 Å². The van der Waals surface area contributed by atoms with Gasteiger partial charge in [-0.05, 0) is 36.1 Å². The highest BCUT2D eigenvalue weighted by Gasteiger charge is 2.07. The lowest BCUT2D eigenvalue weighted by molar-refractivity contribution is -0.384. The van der Waals surface area contributed by atoms with E-state index in [1.165, 1.54) is 31.1 Å². The minimum absolute atomic E-state index is 0.0447. The SMILES string of the molecule is CCCCC(CC)CNC(=O)/C=C/c1ccc([N+](=O)[O-])cc1. The van der Waals surface area contributed by atoms with Gasteiger partial charge in [-0.1, -0.05) is 33.1 Å². The van der Waals surface area contributed by atoms with Crippen molar-refractivity contribution in [2.24, 2.45) is 5.92 Å². The molecule has 0 saturated heterocycles.